The van der Waals surface area contributed by atoms with Crippen molar-refractivity contribution in [1.82, 2.24) is 0 Å². The summed E-state index contributed by atoms with van der Waals surface area (Å²) >= 11 is 10.6. The maximum atomic E-state index is 11.9. The van der Waals surface area contributed by atoms with Gasteiger partial charge in [0.05, 0.1) is 27.4 Å². The fraction of sp³-hybridized carbons (Fsp3) is 0.462. The second-order valence-corrected chi connectivity index (χ2v) is 5.74. The van der Waals surface area contributed by atoms with Gasteiger partial charge in [0.1, 0.15) is 11.9 Å². The van der Waals surface area contributed by atoms with Gasteiger partial charge in [0.25, 0.3) is 0 Å². The molecule has 0 fully saturated rings. The Kier molecular flexibility index (Phi) is 7.04. The zero-order chi connectivity index (χ0) is 14.4. The average Bonchev–Trinajstić information content (AvgIpc) is 2.40. The third kappa shape index (κ3) is 4.29. The first-order chi connectivity index (χ1) is 9.04. The number of carbonyl (C=O) groups excluding carboxylic acids is 1. The van der Waals surface area contributed by atoms with Gasteiger partial charge in [0.15, 0.2) is 0 Å². The average molecular weight is 368 g/mol. The molecule has 106 valence electrons. The topological polar surface area (TPSA) is 35.5 Å². The van der Waals surface area contributed by atoms with Gasteiger partial charge in [0.2, 0.25) is 0 Å². The van der Waals surface area contributed by atoms with Crippen molar-refractivity contribution in [1.29, 1.82) is 0 Å². The third-order valence-electron chi connectivity index (χ3n) is 2.30. The zero-order valence-corrected chi connectivity index (χ0v) is 14.2. The van der Waals surface area contributed by atoms with E-state index in [0.717, 1.165) is 9.37 Å². The summed E-state index contributed by atoms with van der Waals surface area (Å²) in [6, 6.07) is 3.51. The number of benzene rings is 1. The highest BCUT2D eigenvalue weighted by Crippen LogP contribution is 2.38. The van der Waals surface area contributed by atoms with Crippen LogP contribution in [-0.4, -0.2) is 30.8 Å². The monoisotopic (exact) mass is 366 g/mol. The molecule has 0 aliphatic rings. The molecule has 6 heteroatoms. The molecule has 1 atom stereocenters. The van der Waals surface area contributed by atoms with Crippen LogP contribution in [0.4, 0.5) is 0 Å². The van der Waals surface area contributed by atoms with Crippen molar-refractivity contribution in [3.8, 4) is 5.75 Å². The molecule has 0 aliphatic carbocycles. The molecule has 0 bridgehead atoms. The van der Waals surface area contributed by atoms with Crippen LogP contribution in [-0.2, 0) is 4.74 Å². The summed E-state index contributed by atoms with van der Waals surface area (Å²) in [5, 5.41) is 0. The normalized spacial score (nSPS) is 12.1. The van der Waals surface area contributed by atoms with E-state index in [1.807, 2.05) is 13.2 Å². The maximum Gasteiger partial charge on any atom is 0.339 e. The first kappa shape index (κ1) is 16.7. The fourth-order valence-electron chi connectivity index (χ4n) is 1.45. The molecule has 0 aliphatic heterocycles. The summed E-state index contributed by atoms with van der Waals surface area (Å²) in [5.41, 5.74) is 0.509. The lowest BCUT2D eigenvalue weighted by atomic mass is 10.2. The SMILES string of the molecule is CCOC(=O)c1ccc(Br)c(OC(C)CCl)c1SC. The van der Waals surface area contributed by atoms with Crippen LogP contribution < -0.4 is 4.74 Å². The molecule has 1 unspecified atom stereocenters. The minimum absolute atomic E-state index is 0.138. The minimum Gasteiger partial charge on any atom is -0.487 e. The molecule has 0 radical (unpaired) electrons. The van der Waals surface area contributed by atoms with Gasteiger partial charge in [-0.3, -0.25) is 0 Å². The number of halogens is 2. The van der Waals surface area contributed by atoms with E-state index in [0.29, 0.717) is 23.8 Å². The van der Waals surface area contributed by atoms with Crippen molar-refractivity contribution in [3.05, 3.63) is 22.2 Å². The van der Waals surface area contributed by atoms with Crippen molar-refractivity contribution < 1.29 is 14.3 Å². The van der Waals surface area contributed by atoms with E-state index in [4.69, 9.17) is 21.1 Å². The second-order valence-electron chi connectivity index (χ2n) is 3.76. The summed E-state index contributed by atoms with van der Waals surface area (Å²) < 4.78 is 11.6. The Labute approximate surface area is 131 Å². The molecule has 0 amide bonds. The summed E-state index contributed by atoms with van der Waals surface area (Å²) in [6.07, 6.45) is 1.75. The predicted octanol–water partition coefficient (Wildman–Crippen LogP) is 4.35. The van der Waals surface area contributed by atoms with Gasteiger partial charge in [-0.2, -0.15) is 0 Å². The van der Waals surface area contributed by atoms with Crippen LogP contribution in [0.2, 0.25) is 0 Å². The fourth-order valence-corrected chi connectivity index (χ4v) is 2.79. The number of ether oxygens (including phenoxy) is 2. The van der Waals surface area contributed by atoms with Crippen LogP contribution in [0, 0.1) is 0 Å². The van der Waals surface area contributed by atoms with Crippen molar-refractivity contribution >= 4 is 45.3 Å². The Morgan fingerprint density at radius 2 is 2.21 bits per heavy atom. The van der Waals surface area contributed by atoms with Gasteiger partial charge in [0, 0.05) is 0 Å². The molecule has 1 aromatic carbocycles. The van der Waals surface area contributed by atoms with Crippen molar-refractivity contribution in [2.75, 3.05) is 18.7 Å². The molecule has 0 aromatic heterocycles. The Balaban J connectivity index is 3.21. The highest BCUT2D eigenvalue weighted by atomic mass is 79.9. The molecule has 1 aromatic rings. The lowest BCUT2D eigenvalue weighted by Crippen LogP contribution is -2.15. The number of alkyl halides is 1. The molecular weight excluding hydrogens is 352 g/mol. The molecule has 1 rings (SSSR count). The first-order valence-corrected chi connectivity index (χ1v) is 8.36. The van der Waals surface area contributed by atoms with E-state index in [-0.39, 0.29) is 12.1 Å². The lowest BCUT2D eigenvalue weighted by Gasteiger charge is -2.18. The Morgan fingerprint density at radius 1 is 1.53 bits per heavy atom. The molecule has 0 spiro atoms. The Bertz CT molecular complexity index is 454. The van der Waals surface area contributed by atoms with Gasteiger partial charge < -0.3 is 9.47 Å². The van der Waals surface area contributed by atoms with Gasteiger partial charge in [-0.1, -0.05) is 0 Å². The predicted molar refractivity (Wildman–Crippen MR) is 82.7 cm³/mol. The van der Waals surface area contributed by atoms with Crippen molar-refractivity contribution in [2.24, 2.45) is 0 Å². The molecule has 0 heterocycles. The Morgan fingerprint density at radius 3 is 2.74 bits per heavy atom. The maximum absolute atomic E-state index is 11.9. The number of thioether (sulfide) groups is 1. The molecule has 19 heavy (non-hydrogen) atoms. The number of rotatable bonds is 6. The zero-order valence-electron chi connectivity index (χ0n) is 11.0. The first-order valence-electron chi connectivity index (χ1n) is 5.81. The van der Waals surface area contributed by atoms with Crippen molar-refractivity contribution in [2.45, 2.75) is 24.8 Å². The van der Waals surface area contributed by atoms with Crippen LogP contribution in [0.15, 0.2) is 21.5 Å². The molecule has 3 nitrogen and oxygen atoms in total. The van der Waals surface area contributed by atoms with Crippen LogP contribution in [0.25, 0.3) is 0 Å². The van der Waals surface area contributed by atoms with Crippen LogP contribution in [0.5, 0.6) is 5.75 Å². The number of carbonyl (C=O) groups is 1. The lowest BCUT2D eigenvalue weighted by molar-refractivity contribution is 0.0521. The van der Waals surface area contributed by atoms with E-state index < -0.39 is 0 Å². The molecule has 0 saturated heterocycles. The summed E-state index contributed by atoms with van der Waals surface area (Å²) in [5.74, 6) is 0.665. The van der Waals surface area contributed by atoms with E-state index in [2.05, 4.69) is 15.9 Å². The molecular formula is C13H16BrClO3S. The van der Waals surface area contributed by atoms with Gasteiger partial charge in [-0.05, 0) is 48.2 Å². The highest BCUT2D eigenvalue weighted by molar-refractivity contribution is 9.10. The van der Waals surface area contributed by atoms with Crippen LogP contribution in [0.1, 0.15) is 24.2 Å². The summed E-state index contributed by atoms with van der Waals surface area (Å²) in [4.78, 5) is 12.7. The highest BCUT2D eigenvalue weighted by Gasteiger charge is 2.20. The van der Waals surface area contributed by atoms with E-state index in [1.54, 1.807) is 19.1 Å². The molecule has 0 N–H and O–H groups in total. The van der Waals surface area contributed by atoms with Gasteiger partial charge in [-0.15, -0.1) is 23.4 Å². The number of esters is 1. The van der Waals surface area contributed by atoms with Crippen molar-refractivity contribution in [3.63, 3.8) is 0 Å². The van der Waals surface area contributed by atoms with Gasteiger partial charge >= 0.3 is 5.97 Å². The van der Waals surface area contributed by atoms with Crippen LogP contribution in [0.3, 0.4) is 0 Å². The smallest absolute Gasteiger partial charge is 0.339 e. The molecule has 0 saturated carbocycles. The summed E-state index contributed by atoms with van der Waals surface area (Å²) in [7, 11) is 0. The second kappa shape index (κ2) is 8.02. The number of hydrogen-bond acceptors (Lipinski definition) is 4. The van der Waals surface area contributed by atoms with E-state index in [9.17, 15) is 4.79 Å². The minimum atomic E-state index is -0.345. The standard InChI is InChI=1S/C13H16BrClO3S/c1-4-17-13(16)9-5-6-10(14)11(12(9)19-3)18-8(2)7-15/h5-6,8H,4,7H2,1-3H3. The van der Waals surface area contributed by atoms with E-state index >= 15 is 0 Å². The third-order valence-corrected chi connectivity index (χ3v) is 4.17. The number of hydrogen-bond donors (Lipinski definition) is 0. The quantitative estimate of drug-likeness (QED) is 0.425. The Hall–Kier alpha value is -0.390. The summed E-state index contributed by atoms with van der Waals surface area (Å²) in [6.45, 7) is 4.00. The van der Waals surface area contributed by atoms with Gasteiger partial charge in [-0.25, -0.2) is 4.79 Å². The van der Waals surface area contributed by atoms with Crippen LogP contribution >= 0.6 is 39.3 Å². The largest absolute Gasteiger partial charge is 0.487 e. The van der Waals surface area contributed by atoms with E-state index in [1.165, 1.54) is 11.8 Å².